The summed E-state index contributed by atoms with van der Waals surface area (Å²) in [6.45, 7) is 14.9. The second-order valence-electron chi connectivity index (χ2n) is 27.7. The number of nitrogens with zero attached hydrogens (tertiary/aromatic N) is 12. The van der Waals surface area contributed by atoms with E-state index in [-0.39, 0.29) is 0 Å². The molecule has 0 fully saturated rings. The summed E-state index contributed by atoms with van der Waals surface area (Å²) < 4.78 is 4.74. The molecule has 0 saturated heterocycles. The monoisotopic (exact) mass is 1430 g/mol. The predicted molar refractivity (Wildman–Crippen MR) is 458 cm³/mol. The molecule has 13 aromatic carbocycles. The molecule has 0 N–H and O–H groups in total. The number of hydrogen-bond donors (Lipinski definition) is 0. The molecule has 0 saturated carbocycles. The van der Waals surface area contributed by atoms with Crippen molar-refractivity contribution < 1.29 is 0 Å². The van der Waals surface area contributed by atoms with Crippen molar-refractivity contribution in [3.05, 3.63) is 400 Å². The van der Waals surface area contributed by atoms with Crippen molar-refractivity contribution >= 4 is 122 Å². The molecule has 0 unspecified atom stereocenters. The van der Waals surface area contributed by atoms with E-state index in [4.69, 9.17) is 33.1 Å². The second-order valence-corrected chi connectivity index (χ2v) is 27.7. The van der Waals surface area contributed by atoms with E-state index in [1.54, 1.807) is 6.20 Å². The smallest absolute Gasteiger partial charge is 0.187 e. The maximum atomic E-state index is 7.48. The first-order valence-electron chi connectivity index (χ1n) is 37.0. The maximum Gasteiger partial charge on any atom is 0.187 e. The fourth-order valence-electron chi connectivity index (χ4n) is 16.0. The summed E-state index contributed by atoms with van der Waals surface area (Å²) in [6, 6.07) is 115. The van der Waals surface area contributed by atoms with Crippen LogP contribution in [0.5, 0.6) is 0 Å². The first-order valence-corrected chi connectivity index (χ1v) is 37.0. The zero-order chi connectivity index (χ0) is 74.6. The highest BCUT2D eigenvalue weighted by Crippen LogP contribution is 2.46. The van der Waals surface area contributed by atoms with Gasteiger partial charge in [0.2, 0.25) is 0 Å². The number of rotatable bonds is 14. The van der Waals surface area contributed by atoms with Crippen LogP contribution in [0.2, 0.25) is 0 Å². The Morgan fingerprint density at radius 2 is 0.688 bits per heavy atom. The molecule has 0 aliphatic heterocycles. The number of anilines is 6. The van der Waals surface area contributed by atoms with Crippen molar-refractivity contribution in [3.63, 3.8) is 0 Å². The van der Waals surface area contributed by atoms with Gasteiger partial charge in [-0.3, -0.25) is 29.7 Å². The first kappa shape index (κ1) is 65.7. The summed E-state index contributed by atoms with van der Waals surface area (Å²) in [5, 5.41) is 11.1. The minimum atomic E-state index is 0.587. The number of aromatic nitrogens is 8. The molecule has 12 nitrogen and oxygen atoms in total. The summed E-state index contributed by atoms with van der Waals surface area (Å²) in [6.07, 6.45) is 13.2. The number of benzene rings is 13. The summed E-state index contributed by atoms with van der Waals surface area (Å²) in [5.41, 5.74) is 25.3. The summed E-state index contributed by atoms with van der Waals surface area (Å²) in [4.78, 5) is 40.2. The van der Waals surface area contributed by atoms with Crippen LogP contribution in [-0.2, 0) is 0 Å². The van der Waals surface area contributed by atoms with Gasteiger partial charge >= 0.3 is 0 Å². The highest BCUT2D eigenvalue weighted by molar-refractivity contribution is 6.28. The van der Waals surface area contributed by atoms with Gasteiger partial charge in [0.25, 0.3) is 0 Å². The van der Waals surface area contributed by atoms with Gasteiger partial charge in [-0.1, -0.05) is 188 Å². The third kappa shape index (κ3) is 11.6. The fourth-order valence-corrected chi connectivity index (χ4v) is 16.0. The molecule has 0 spiro atoms. The lowest BCUT2D eigenvalue weighted by Crippen LogP contribution is -2.11. The Hall–Kier alpha value is -15.8. The van der Waals surface area contributed by atoms with Gasteiger partial charge in [0.15, 0.2) is 11.4 Å². The van der Waals surface area contributed by atoms with E-state index in [9.17, 15) is 0 Å². The molecule has 0 radical (unpaired) electrons. The van der Waals surface area contributed by atoms with E-state index in [2.05, 4.69) is 299 Å². The Bertz CT molecular complexity index is 7120. The first-order chi connectivity index (χ1) is 55.4. The molecule has 8 heterocycles. The van der Waals surface area contributed by atoms with Crippen LogP contribution in [0.4, 0.5) is 45.8 Å². The Morgan fingerprint density at radius 1 is 0.259 bits per heavy atom. The van der Waals surface area contributed by atoms with Crippen molar-refractivity contribution in [3.8, 4) is 78.4 Å². The molecule has 112 heavy (non-hydrogen) atoms. The lowest BCUT2D eigenvalue weighted by atomic mass is 9.95. The Balaban J connectivity index is 0.000000146. The van der Waals surface area contributed by atoms with Gasteiger partial charge in [0.1, 0.15) is 11.6 Å². The molecule has 0 aliphatic rings. The topological polar surface area (TPSA) is 102 Å². The number of para-hydroxylation sites is 3. The third-order valence-corrected chi connectivity index (χ3v) is 21.3. The fraction of sp³-hybridized carbons (Fsp3) is 0. The van der Waals surface area contributed by atoms with Gasteiger partial charge in [-0.25, -0.2) is 19.7 Å². The maximum absolute atomic E-state index is 7.48. The summed E-state index contributed by atoms with van der Waals surface area (Å²) >= 11 is 0. The van der Waals surface area contributed by atoms with Gasteiger partial charge in [0, 0.05) is 132 Å². The number of hydrogen-bond acceptors (Lipinski definition) is 8. The van der Waals surface area contributed by atoms with Gasteiger partial charge < -0.3 is 9.13 Å². The van der Waals surface area contributed by atoms with Crippen molar-refractivity contribution in [2.45, 2.75) is 0 Å². The van der Waals surface area contributed by atoms with E-state index < -0.39 is 0 Å². The lowest BCUT2D eigenvalue weighted by Gasteiger charge is -2.25. The van der Waals surface area contributed by atoms with Gasteiger partial charge in [-0.15, -0.1) is 0 Å². The average Bonchev–Trinajstić information content (AvgIpc) is 1.57. The predicted octanol–water partition coefficient (Wildman–Crippen LogP) is 26.3. The van der Waals surface area contributed by atoms with Crippen LogP contribution in [0, 0.1) is 13.1 Å². The van der Waals surface area contributed by atoms with Crippen LogP contribution >= 0.6 is 0 Å². The minimum Gasteiger partial charge on any atom is -0.309 e. The highest BCUT2D eigenvalue weighted by atomic mass is 15.2. The van der Waals surface area contributed by atoms with Crippen LogP contribution in [0.3, 0.4) is 0 Å². The van der Waals surface area contributed by atoms with E-state index in [0.717, 1.165) is 124 Å². The second kappa shape index (κ2) is 27.9. The Kier molecular flexibility index (Phi) is 16.4. The zero-order valence-electron chi connectivity index (χ0n) is 60.2. The lowest BCUT2D eigenvalue weighted by molar-refractivity contribution is 1.18. The van der Waals surface area contributed by atoms with E-state index in [0.29, 0.717) is 11.4 Å². The molecule has 0 bridgehead atoms. The Labute approximate surface area is 645 Å². The highest BCUT2D eigenvalue weighted by Gasteiger charge is 2.24. The van der Waals surface area contributed by atoms with Crippen LogP contribution < -0.4 is 9.80 Å². The molecule has 21 rings (SSSR count). The van der Waals surface area contributed by atoms with Gasteiger partial charge in [-0.2, -0.15) is 0 Å². The van der Waals surface area contributed by atoms with Crippen molar-refractivity contribution in [1.82, 2.24) is 39.0 Å². The van der Waals surface area contributed by atoms with Crippen LogP contribution in [0.15, 0.2) is 377 Å². The molecule has 8 aromatic heterocycles. The summed E-state index contributed by atoms with van der Waals surface area (Å²) in [5.74, 6) is 1.51. The van der Waals surface area contributed by atoms with Gasteiger partial charge in [-0.05, 0) is 195 Å². The largest absolute Gasteiger partial charge is 0.309 e. The van der Waals surface area contributed by atoms with Crippen LogP contribution in [0.25, 0.3) is 164 Å². The van der Waals surface area contributed by atoms with Crippen molar-refractivity contribution in [2.75, 3.05) is 9.80 Å². The van der Waals surface area contributed by atoms with Crippen LogP contribution in [-0.4, -0.2) is 39.0 Å². The minimum absolute atomic E-state index is 0.587. The van der Waals surface area contributed by atoms with Crippen molar-refractivity contribution in [1.29, 1.82) is 0 Å². The standard InChI is InChI=1S/C52H32N6.C48H30N6/c1-53-39-20-24-42(25-21-39)57(41-22-15-34(16-23-41)44-13-5-9-36-10-7-31-54-52(36)44)49-30-19-38(33-56-49)46-28-18-37(32-55-46)43-27-29-48-51-45(43)26-17-35-8-6-14-47(50(35)51)58(48)40-11-3-2-4-12-40;1-49-37-17-21-40(22-18-37)53(39-19-12-32(13-20-39)34-8-6-28-50-29-34)46-27-16-36(31-52-46)43-25-15-35(30-51-43)41-24-26-45-48-42(41)23-14-33-7-5-11-44(47(33)48)54(45)38-9-3-2-4-10-38/h2-33H;2-31H. The SMILES string of the molecule is [C-]#[N+]c1ccc(N(c2ccc(-c3cccc4cccnc34)cc2)c2ccc(-c3ccc(-c4ccc5c6c4ccc4cccc(c46)n5-c4ccccc4)cn3)cn2)cc1.[C-]#[N+]c1ccc(N(c2ccc(-c3cccnc3)cc2)c2ccc(-c3ccc(-c4ccc5c6c4ccc4cccc(c46)n5-c4ccccc4)cn3)cn2)cc1. The van der Waals surface area contributed by atoms with Crippen molar-refractivity contribution in [2.24, 2.45) is 0 Å². The van der Waals surface area contributed by atoms with E-state index in [1.807, 2.05) is 110 Å². The number of fused-ring (bicyclic) bond motifs is 1. The Morgan fingerprint density at radius 3 is 1.14 bits per heavy atom. The molecule has 0 amide bonds. The van der Waals surface area contributed by atoms with E-state index in [1.165, 1.54) is 65.2 Å². The number of pyridine rings is 6. The quantitative estimate of drug-likeness (QED) is 0.0784. The molecule has 522 valence electrons. The normalized spacial score (nSPS) is 11.4. The zero-order valence-corrected chi connectivity index (χ0v) is 60.2. The molecule has 21 aromatic rings. The molecule has 12 heteroatoms. The van der Waals surface area contributed by atoms with E-state index >= 15 is 0 Å². The molecular formula is C100H62N12. The van der Waals surface area contributed by atoms with Gasteiger partial charge in [0.05, 0.1) is 52.1 Å². The molecule has 0 atom stereocenters. The molecule has 0 aliphatic carbocycles. The molecular weight excluding hydrogens is 1370 g/mol. The average molecular weight is 1430 g/mol. The summed E-state index contributed by atoms with van der Waals surface area (Å²) in [7, 11) is 0. The third-order valence-electron chi connectivity index (χ3n) is 21.3. The van der Waals surface area contributed by atoms with Crippen LogP contribution in [0.1, 0.15) is 0 Å².